The van der Waals surface area contributed by atoms with Gasteiger partial charge in [-0.25, -0.2) is 4.98 Å². The number of nitrogens with zero attached hydrogens (tertiary/aromatic N) is 2. The predicted octanol–water partition coefficient (Wildman–Crippen LogP) is 3.29. The molecular formula is C13H11F4N3O2. The van der Waals surface area contributed by atoms with Crippen LogP contribution >= 0.6 is 0 Å². The van der Waals surface area contributed by atoms with Crippen LogP contribution in [-0.4, -0.2) is 23.2 Å². The molecule has 2 aromatic rings. The number of ether oxygens (including phenoxy) is 2. The molecular weight excluding hydrogens is 306 g/mol. The minimum absolute atomic E-state index is 0.0367. The van der Waals surface area contributed by atoms with Crippen LogP contribution in [0.1, 0.15) is 5.69 Å². The second kappa shape index (κ2) is 7.43. The number of rotatable bonds is 7. The minimum Gasteiger partial charge on any atom is -0.433 e. The number of nitrogens with one attached hydrogen (secondary N) is 1. The summed E-state index contributed by atoms with van der Waals surface area (Å²) in [6, 6.07) is 5.68. The van der Waals surface area contributed by atoms with Gasteiger partial charge < -0.3 is 14.8 Å². The molecule has 9 heteroatoms. The van der Waals surface area contributed by atoms with Gasteiger partial charge in [-0.3, -0.25) is 4.98 Å². The van der Waals surface area contributed by atoms with E-state index >= 15 is 0 Å². The fraction of sp³-hybridized carbons (Fsp3) is 0.231. The molecule has 0 saturated carbocycles. The Morgan fingerprint density at radius 3 is 1.91 bits per heavy atom. The summed E-state index contributed by atoms with van der Waals surface area (Å²) in [5.74, 6) is 0.342. The van der Waals surface area contributed by atoms with E-state index in [1.54, 1.807) is 0 Å². The van der Waals surface area contributed by atoms with Crippen molar-refractivity contribution >= 4 is 5.82 Å². The molecule has 118 valence electrons. The first-order chi connectivity index (χ1) is 10.5. The molecule has 2 heterocycles. The van der Waals surface area contributed by atoms with Crippen molar-refractivity contribution in [3.8, 4) is 11.5 Å². The average molecular weight is 317 g/mol. The number of aromatic nitrogens is 2. The Morgan fingerprint density at radius 2 is 1.45 bits per heavy atom. The lowest BCUT2D eigenvalue weighted by molar-refractivity contribution is -0.0507. The first-order valence-corrected chi connectivity index (χ1v) is 6.07. The second-order valence-electron chi connectivity index (χ2n) is 3.97. The highest BCUT2D eigenvalue weighted by Crippen LogP contribution is 2.16. The van der Waals surface area contributed by atoms with Crippen LogP contribution < -0.4 is 14.8 Å². The van der Waals surface area contributed by atoms with Gasteiger partial charge in [0.15, 0.2) is 0 Å². The van der Waals surface area contributed by atoms with Crippen molar-refractivity contribution in [3.05, 3.63) is 42.4 Å². The van der Waals surface area contributed by atoms with Gasteiger partial charge >= 0.3 is 13.2 Å². The second-order valence-corrected chi connectivity index (χ2v) is 3.97. The van der Waals surface area contributed by atoms with Crippen molar-refractivity contribution in [2.24, 2.45) is 0 Å². The van der Waals surface area contributed by atoms with E-state index in [9.17, 15) is 17.6 Å². The van der Waals surface area contributed by atoms with E-state index in [0.29, 0.717) is 11.5 Å². The van der Waals surface area contributed by atoms with Gasteiger partial charge in [-0.15, -0.1) is 0 Å². The van der Waals surface area contributed by atoms with Crippen molar-refractivity contribution in [1.82, 2.24) is 9.97 Å². The Labute approximate surface area is 122 Å². The van der Waals surface area contributed by atoms with Crippen LogP contribution in [0.3, 0.4) is 0 Å². The van der Waals surface area contributed by atoms with Crippen LogP contribution in [0.2, 0.25) is 0 Å². The van der Waals surface area contributed by atoms with Gasteiger partial charge in [0.25, 0.3) is 0 Å². The minimum atomic E-state index is -2.90. The van der Waals surface area contributed by atoms with Crippen LogP contribution in [0.5, 0.6) is 11.5 Å². The molecule has 0 fully saturated rings. The van der Waals surface area contributed by atoms with Gasteiger partial charge in [-0.05, 0) is 24.3 Å². The number of hydrogen-bond acceptors (Lipinski definition) is 5. The van der Waals surface area contributed by atoms with Crippen molar-refractivity contribution in [2.45, 2.75) is 19.8 Å². The van der Waals surface area contributed by atoms with Crippen molar-refractivity contribution in [3.63, 3.8) is 0 Å². The Bertz CT molecular complexity index is 525. The zero-order valence-electron chi connectivity index (χ0n) is 11.0. The summed E-state index contributed by atoms with van der Waals surface area (Å²) in [5, 5.41) is 2.90. The van der Waals surface area contributed by atoms with Gasteiger partial charge in [0.05, 0.1) is 24.6 Å². The van der Waals surface area contributed by atoms with Crippen LogP contribution in [0.15, 0.2) is 36.7 Å². The maximum absolute atomic E-state index is 12.0. The summed E-state index contributed by atoms with van der Waals surface area (Å²) in [6.45, 7) is -5.53. The van der Waals surface area contributed by atoms with E-state index in [-0.39, 0.29) is 18.0 Å². The van der Waals surface area contributed by atoms with Crippen LogP contribution in [0.25, 0.3) is 0 Å². The molecule has 1 N–H and O–H groups in total. The summed E-state index contributed by atoms with van der Waals surface area (Å²) in [7, 11) is 0. The first kappa shape index (κ1) is 15.8. The number of pyridine rings is 2. The lowest BCUT2D eigenvalue weighted by Gasteiger charge is -2.08. The molecule has 0 unspecified atom stereocenters. The molecule has 0 saturated heterocycles. The third-order valence-electron chi connectivity index (χ3n) is 2.43. The summed E-state index contributed by atoms with van der Waals surface area (Å²) < 4.78 is 56.2. The zero-order chi connectivity index (χ0) is 15.9. The Kier molecular flexibility index (Phi) is 5.34. The van der Waals surface area contributed by atoms with Crippen LogP contribution in [-0.2, 0) is 6.54 Å². The summed E-state index contributed by atoms with van der Waals surface area (Å²) >= 11 is 0. The standard InChI is InChI=1S/C13H11F4N3O2/c14-12(15)21-9-2-1-8(18-6-9)5-19-11-4-3-10(7-20-11)22-13(16)17/h1-4,6-7,12-13H,5H2,(H,19,20). The molecule has 0 aliphatic heterocycles. The van der Waals surface area contributed by atoms with Gasteiger partial charge in [0, 0.05) is 0 Å². The fourth-order valence-electron chi connectivity index (χ4n) is 1.53. The molecule has 0 atom stereocenters. The molecule has 2 aromatic heterocycles. The SMILES string of the molecule is FC(F)Oc1ccc(CNc2ccc(OC(F)F)cn2)nc1. The largest absolute Gasteiger partial charge is 0.433 e. The van der Waals surface area contributed by atoms with Crippen molar-refractivity contribution in [1.29, 1.82) is 0 Å². The number of anilines is 1. The maximum Gasteiger partial charge on any atom is 0.387 e. The first-order valence-electron chi connectivity index (χ1n) is 6.07. The third kappa shape index (κ3) is 5.08. The lowest BCUT2D eigenvalue weighted by atomic mass is 10.3. The number of alkyl halides is 4. The summed E-state index contributed by atoms with van der Waals surface area (Å²) in [4.78, 5) is 7.81. The van der Waals surface area contributed by atoms with Crippen molar-refractivity contribution in [2.75, 3.05) is 5.32 Å². The van der Waals surface area contributed by atoms with E-state index in [4.69, 9.17) is 0 Å². The van der Waals surface area contributed by atoms with Gasteiger partial charge in [0.2, 0.25) is 0 Å². The van der Waals surface area contributed by atoms with Gasteiger partial charge in [-0.2, -0.15) is 17.6 Å². The van der Waals surface area contributed by atoms with E-state index in [1.807, 2.05) is 0 Å². The molecule has 0 bridgehead atoms. The van der Waals surface area contributed by atoms with E-state index in [1.165, 1.54) is 30.5 Å². The smallest absolute Gasteiger partial charge is 0.387 e. The topological polar surface area (TPSA) is 56.3 Å². The predicted molar refractivity (Wildman–Crippen MR) is 69.1 cm³/mol. The van der Waals surface area contributed by atoms with Crippen LogP contribution in [0.4, 0.5) is 23.4 Å². The quantitative estimate of drug-likeness (QED) is 0.794. The van der Waals surface area contributed by atoms with E-state index in [0.717, 1.165) is 6.20 Å². The fourth-order valence-corrected chi connectivity index (χ4v) is 1.53. The molecule has 0 aromatic carbocycles. The highest BCUT2D eigenvalue weighted by atomic mass is 19.3. The highest BCUT2D eigenvalue weighted by Gasteiger charge is 2.06. The molecule has 5 nitrogen and oxygen atoms in total. The Balaban J connectivity index is 1.87. The Morgan fingerprint density at radius 1 is 0.864 bits per heavy atom. The van der Waals surface area contributed by atoms with Crippen molar-refractivity contribution < 1.29 is 27.0 Å². The molecule has 0 aliphatic rings. The van der Waals surface area contributed by atoms with E-state index in [2.05, 4.69) is 24.8 Å². The third-order valence-corrected chi connectivity index (χ3v) is 2.43. The van der Waals surface area contributed by atoms with Gasteiger partial charge in [-0.1, -0.05) is 0 Å². The monoisotopic (exact) mass is 317 g/mol. The molecule has 0 radical (unpaired) electrons. The summed E-state index contributed by atoms with van der Waals surface area (Å²) in [5.41, 5.74) is 0.566. The number of halogens is 4. The van der Waals surface area contributed by atoms with E-state index < -0.39 is 13.2 Å². The number of hydrogen-bond donors (Lipinski definition) is 1. The summed E-state index contributed by atoms with van der Waals surface area (Å²) in [6.07, 6.45) is 2.33. The zero-order valence-corrected chi connectivity index (χ0v) is 11.0. The normalized spacial score (nSPS) is 10.8. The van der Waals surface area contributed by atoms with Gasteiger partial charge in [0.1, 0.15) is 17.3 Å². The van der Waals surface area contributed by atoms with Crippen LogP contribution in [0, 0.1) is 0 Å². The lowest BCUT2D eigenvalue weighted by Crippen LogP contribution is -2.06. The molecule has 0 amide bonds. The molecule has 0 aliphatic carbocycles. The highest BCUT2D eigenvalue weighted by molar-refractivity contribution is 5.38. The average Bonchev–Trinajstić information content (AvgIpc) is 2.47. The maximum atomic E-state index is 12.0. The Hall–Kier alpha value is -2.58. The molecule has 22 heavy (non-hydrogen) atoms. The molecule has 0 spiro atoms. The molecule has 2 rings (SSSR count).